The molecule has 0 aromatic carbocycles. The summed E-state index contributed by atoms with van der Waals surface area (Å²) < 4.78 is 15.2. The zero-order valence-corrected chi connectivity index (χ0v) is 11.5. The molecule has 1 rings (SSSR count). The zero-order valence-electron chi connectivity index (χ0n) is 11.5. The predicted molar refractivity (Wildman–Crippen MR) is 70.7 cm³/mol. The van der Waals surface area contributed by atoms with E-state index in [0.717, 1.165) is 12.3 Å². The van der Waals surface area contributed by atoms with E-state index in [1.54, 1.807) is 7.11 Å². The van der Waals surface area contributed by atoms with Gasteiger partial charge in [-0.05, 0) is 0 Å². The van der Waals surface area contributed by atoms with E-state index in [2.05, 4.69) is 4.98 Å². The van der Waals surface area contributed by atoms with Crippen LogP contribution in [0.3, 0.4) is 0 Å². The fraction of sp³-hybridized carbons (Fsp3) is 0.500. The van der Waals surface area contributed by atoms with E-state index < -0.39 is 16.6 Å². The Labute approximate surface area is 120 Å². The molecule has 0 saturated carbocycles. The highest BCUT2D eigenvalue weighted by Crippen LogP contribution is 2.25. The molecule has 0 unspecified atom stereocenters. The molecule has 0 fully saturated rings. The van der Waals surface area contributed by atoms with E-state index in [4.69, 9.17) is 19.3 Å². The van der Waals surface area contributed by atoms with Gasteiger partial charge in [0.25, 0.3) is 5.88 Å². The van der Waals surface area contributed by atoms with Crippen LogP contribution in [0.4, 0.5) is 5.69 Å². The highest BCUT2D eigenvalue weighted by molar-refractivity contribution is 5.88. The number of ether oxygens (including phenoxy) is 3. The number of carboxylic acids is 1. The molecule has 0 bridgehead atoms. The predicted octanol–water partition coefficient (Wildman–Crippen LogP) is 1.12. The quantitative estimate of drug-likeness (QED) is 0.387. The number of carbonyl (C=O) groups is 1. The number of hydrogen-bond acceptors (Lipinski definition) is 7. The topological polar surface area (TPSA) is 121 Å². The van der Waals surface area contributed by atoms with Crippen LogP contribution in [0.5, 0.6) is 5.88 Å². The maximum absolute atomic E-state index is 10.9. The van der Waals surface area contributed by atoms with Crippen molar-refractivity contribution in [3.8, 4) is 5.88 Å². The number of methoxy groups -OCH3 is 1. The molecule has 1 aromatic heterocycles. The lowest BCUT2D eigenvalue weighted by Crippen LogP contribution is -2.09. The molecule has 0 aliphatic heterocycles. The van der Waals surface area contributed by atoms with Crippen LogP contribution < -0.4 is 4.74 Å². The van der Waals surface area contributed by atoms with Gasteiger partial charge in [-0.25, -0.2) is 9.78 Å². The average molecular weight is 300 g/mol. The first-order valence-corrected chi connectivity index (χ1v) is 6.13. The van der Waals surface area contributed by atoms with Crippen molar-refractivity contribution in [3.63, 3.8) is 0 Å². The van der Waals surface area contributed by atoms with Crippen molar-refractivity contribution < 1.29 is 29.0 Å². The van der Waals surface area contributed by atoms with E-state index in [1.165, 1.54) is 0 Å². The Morgan fingerprint density at radius 2 is 2.14 bits per heavy atom. The highest BCUT2D eigenvalue weighted by Gasteiger charge is 2.20. The summed E-state index contributed by atoms with van der Waals surface area (Å²) in [6, 6.07) is 0.916. The minimum absolute atomic E-state index is 0.174. The first-order valence-electron chi connectivity index (χ1n) is 6.13. The summed E-state index contributed by atoms with van der Waals surface area (Å²) in [4.78, 5) is 24.5. The lowest BCUT2D eigenvalue weighted by molar-refractivity contribution is -0.386. The second-order valence-electron chi connectivity index (χ2n) is 3.92. The van der Waals surface area contributed by atoms with E-state index >= 15 is 0 Å². The normalized spacial score (nSPS) is 10.3. The van der Waals surface area contributed by atoms with Crippen molar-refractivity contribution in [2.24, 2.45) is 0 Å². The van der Waals surface area contributed by atoms with Gasteiger partial charge in [0.2, 0.25) is 0 Å². The molecule has 1 aromatic rings. The third kappa shape index (κ3) is 5.71. The number of pyridine rings is 1. The lowest BCUT2D eigenvalue weighted by atomic mass is 10.2. The van der Waals surface area contributed by atoms with Gasteiger partial charge in [0.1, 0.15) is 0 Å². The van der Waals surface area contributed by atoms with Crippen molar-refractivity contribution >= 4 is 11.7 Å². The smallest absolute Gasteiger partial charge is 0.337 e. The average Bonchev–Trinajstić information content (AvgIpc) is 2.46. The maximum atomic E-state index is 10.9. The Kier molecular flexibility index (Phi) is 7.05. The van der Waals surface area contributed by atoms with Crippen LogP contribution in [-0.2, 0) is 9.47 Å². The Morgan fingerprint density at radius 3 is 2.76 bits per heavy atom. The number of aromatic carboxylic acids is 1. The summed E-state index contributed by atoms with van der Waals surface area (Å²) in [6.07, 6.45) is 1.53. The van der Waals surface area contributed by atoms with Gasteiger partial charge in [0.15, 0.2) is 0 Å². The summed E-state index contributed by atoms with van der Waals surface area (Å²) in [6.45, 7) is 1.55. The third-order valence-electron chi connectivity index (χ3n) is 2.38. The van der Waals surface area contributed by atoms with Gasteiger partial charge in [-0.2, -0.15) is 0 Å². The summed E-state index contributed by atoms with van der Waals surface area (Å²) in [5, 5.41) is 19.6. The van der Waals surface area contributed by atoms with Crippen molar-refractivity contribution in [3.05, 3.63) is 27.9 Å². The first-order chi connectivity index (χ1) is 10.1. The molecule has 0 amide bonds. The van der Waals surface area contributed by atoms with Gasteiger partial charge < -0.3 is 19.3 Å². The fourth-order valence-corrected chi connectivity index (χ4v) is 1.37. The van der Waals surface area contributed by atoms with E-state index in [-0.39, 0.29) is 18.1 Å². The number of hydrogen-bond donors (Lipinski definition) is 1. The molecule has 9 nitrogen and oxygen atoms in total. The number of rotatable bonds is 10. The summed E-state index contributed by atoms with van der Waals surface area (Å²) >= 11 is 0. The minimum Gasteiger partial charge on any atom is -0.478 e. The second kappa shape index (κ2) is 8.82. The van der Waals surface area contributed by atoms with Gasteiger partial charge in [-0.1, -0.05) is 0 Å². The molecular formula is C12H16N2O7. The Bertz CT molecular complexity index is 492. The molecule has 1 heterocycles. The van der Waals surface area contributed by atoms with Crippen LogP contribution in [0.2, 0.25) is 0 Å². The molecule has 0 aliphatic rings. The van der Waals surface area contributed by atoms with Gasteiger partial charge in [0, 0.05) is 32.4 Å². The molecular weight excluding hydrogens is 284 g/mol. The molecule has 0 atom stereocenters. The molecule has 21 heavy (non-hydrogen) atoms. The van der Waals surface area contributed by atoms with Crippen molar-refractivity contribution in [2.75, 3.05) is 33.5 Å². The molecule has 0 aliphatic carbocycles. The zero-order chi connectivity index (χ0) is 15.7. The number of carboxylic acid groups (broad SMARTS) is 1. The van der Waals surface area contributed by atoms with Crippen molar-refractivity contribution in [2.45, 2.75) is 6.42 Å². The highest BCUT2D eigenvalue weighted by atomic mass is 16.6. The molecule has 0 saturated heterocycles. The third-order valence-corrected chi connectivity index (χ3v) is 2.38. The Balaban J connectivity index is 2.51. The number of aromatic nitrogens is 1. The van der Waals surface area contributed by atoms with Crippen LogP contribution >= 0.6 is 0 Å². The first kappa shape index (κ1) is 16.8. The molecule has 9 heteroatoms. The maximum Gasteiger partial charge on any atom is 0.337 e. The summed E-state index contributed by atoms with van der Waals surface area (Å²) in [5.74, 6) is -1.49. The van der Waals surface area contributed by atoms with Gasteiger partial charge in [0.05, 0.1) is 30.3 Å². The van der Waals surface area contributed by atoms with Crippen LogP contribution in [0, 0.1) is 10.1 Å². The molecule has 0 spiro atoms. The fourth-order valence-electron chi connectivity index (χ4n) is 1.37. The Morgan fingerprint density at radius 1 is 1.38 bits per heavy atom. The van der Waals surface area contributed by atoms with Gasteiger partial charge in [-0.3, -0.25) is 10.1 Å². The van der Waals surface area contributed by atoms with Crippen LogP contribution in [0.1, 0.15) is 16.8 Å². The van der Waals surface area contributed by atoms with Crippen LogP contribution in [0.25, 0.3) is 0 Å². The Hall–Kier alpha value is -2.26. The van der Waals surface area contributed by atoms with Crippen LogP contribution in [-0.4, -0.2) is 54.5 Å². The largest absolute Gasteiger partial charge is 0.478 e. The van der Waals surface area contributed by atoms with E-state index in [1.807, 2.05) is 0 Å². The van der Waals surface area contributed by atoms with E-state index in [9.17, 15) is 14.9 Å². The van der Waals surface area contributed by atoms with Gasteiger partial charge in [-0.15, -0.1) is 0 Å². The summed E-state index contributed by atoms with van der Waals surface area (Å²) in [5.41, 5.74) is -0.743. The number of nitrogens with zero attached hydrogens (tertiary/aromatic N) is 2. The second-order valence-corrected chi connectivity index (χ2v) is 3.92. The molecule has 0 radical (unpaired) electrons. The summed E-state index contributed by atoms with van der Waals surface area (Å²) in [7, 11) is 1.57. The number of nitro groups is 1. The van der Waals surface area contributed by atoms with Gasteiger partial charge >= 0.3 is 11.7 Å². The molecule has 1 N–H and O–H groups in total. The standard InChI is InChI=1S/C12H16N2O7/c1-19-5-6-20-3-2-4-21-11-10(14(17)18)7-9(8-13-11)12(15)16/h7-8H,2-6H2,1H3,(H,15,16). The lowest BCUT2D eigenvalue weighted by Gasteiger charge is -2.06. The molecule has 116 valence electrons. The van der Waals surface area contributed by atoms with Crippen molar-refractivity contribution in [1.82, 2.24) is 4.98 Å². The van der Waals surface area contributed by atoms with Crippen molar-refractivity contribution in [1.29, 1.82) is 0 Å². The van der Waals surface area contributed by atoms with Crippen LogP contribution in [0.15, 0.2) is 12.3 Å². The minimum atomic E-state index is -1.29. The monoisotopic (exact) mass is 300 g/mol. The van der Waals surface area contributed by atoms with E-state index in [0.29, 0.717) is 26.2 Å². The SMILES string of the molecule is COCCOCCCOc1ncc(C(=O)O)cc1[N+](=O)[O-].